The molecule has 0 fully saturated rings. The summed E-state index contributed by atoms with van der Waals surface area (Å²) in [5.41, 5.74) is 0.380. The molecule has 0 bridgehead atoms. The van der Waals surface area contributed by atoms with Crippen molar-refractivity contribution in [2.75, 3.05) is 4.72 Å². The van der Waals surface area contributed by atoms with Crippen LogP contribution < -0.4 is 4.72 Å². The number of hydrogen-bond donors (Lipinski definition) is 2. The van der Waals surface area contributed by atoms with E-state index in [-0.39, 0.29) is 15.0 Å². The highest BCUT2D eigenvalue weighted by molar-refractivity contribution is 7.94. The van der Waals surface area contributed by atoms with E-state index < -0.39 is 16.0 Å². The van der Waals surface area contributed by atoms with Gasteiger partial charge in [-0.1, -0.05) is 5.10 Å². The fraction of sp³-hybridized carbons (Fsp3) is 0.250. The Hall–Kier alpha value is -2.01. The predicted octanol–water partition coefficient (Wildman–Crippen LogP) is 0.0790. The average molecular weight is 303 g/mol. The van der Waals surface area contributed by atoms with Crippen LogP contribution in [0.25, 0.3) is 0 Å². The van der Waals surface area contributed by atoms with Gasteiger partial charge in [0.15, 0.2) is 0 Å². The van der Waals surface area contributed by atoms with E-state index >= 15 is 0 Å². The molecule has 2 aromatic heterocycles. The van der Waals surface area contributed by atoms with Gasteiger partial charge in [0.05, 0.1) is 7.05 Å². The van der Waals surface area contributed by atoms with E-state index in [1.807, 2.05) is 0 Å². The molecule has 19 heavy (non-hydrogen) atoms. The second-order valence-electron chi connectivity index (χ2n) is 3.59. The van der Waals surface area contributed by atoms with Gasteiger partial charge in [-0.3, -0.25) is 0 Å². The number of sulfonamides is 1. The lowest BCUT2D eigenvalue weighted by Crippen LogP contribution is -2.12. The summed E-state index contributed by atoms with van der Waals surface area (Å²) in [4.78, 5) is 12.0. The van der Waals surface area contributed by atoms with Gasteiger partial charge in [0.25, 0.3) is 16.0 Å². The number of carboxylic acids is 1. The maximum atomic E-state index is 12.0. The summed E-state index contributed by atoms with van der Waals surface area (Å²) in [6.45, 7) is 1.53. The molecule has 0 aromatic carbocycles. The molecule has 0 saturated carbocycles. The SMILES string of the molecule is Cc1cc(S(=O)(=O)Nc2nnn(C)n2)sc1C(=O)O. The Labute approximate surface area is 111 Å². The standard InChI is InChI=1S/C8H9N5O4S2/c1-4-3-5(18-6(4)7(14)15)19(16,17)11-8-9-12-13(2)10-8/h3H,1-2H3,(H,10,11)(H,14,15). The van der Waals surface area contributed by atoms with Crippen LogP contribution in [0.5, 0.6) is 0 Å². The van der Waals surface area contributed by atoms with Gasteiger partial charge in [-0.05, 0) is 23.8 Å². The minimum atomic E-state index is -3.91. The van der Waals surface area contributed by atoms with E-state index in [1.54, 1.807) is 0 Å². The summed E-state index contributed by atoms with van der Waals surface area (Å²) in [7, 11) is -2.42. The molecule has 0 atom stereocenters. The summed E-state index contributed by atoms with van der Waals surface area (Å²) in [6, 6.07) is 1.28. The first-order chi connectivity index (χ1) is 8.79. The Morgan fingerprint density at radius 2 is 2.21 bits per heavy atom. The lowest BCUT2D eigenvalue weighted by Gasteiger charge is -1.99. The normalized spacial score (nSPS) is 11.5. The van der Waals surface area contributed by atoms with Crippen LogP contribution in [0.15, 0.2) is 10.3 Å². The van der Waals surface area contributed by atoms with Crippen LogP contribution >= 0.6 is 11.3 Å². The van der Waals surface area contributed by atoms with Crippen LogP contribution in [0.2, 0.25) is 0 Å². The van der Waals surface area contributed by atoms with Crippen LogP contribution in [0.4, 0.5) is 5.95 Å². The number of aromatic carboxylic acids is 1. The summed E-state index contributed by atoms with van der Waals surface area (Å²) in [6.07, 6.45) is 0. The van der Waals surface area contributed by atoms with Crippen LogP contribution in [0.3, 0.4) is 0 Å². The van der Waals surface area contributed by atoms with E-state index in [1.165, 1.54) is 20.0 Å². The summed E-state index contributed by atoms with van der Waals surface area (Å²) in [5.74, 6) is -1.34. The van der Waals surface area contributed by atoms with Crippen molar-refractivity contribution >= 4 is 33.3 Å². The van der Waals surface area contributed by atoms with Crippen molar-refractivity contribution in [2.24, 2.45) is 7.05 Å². The van der Waals surface area contributed by atoms with E-state index in [9.17, 15) is 13.2 Å². The number of thiophene rings is 1. The zero-order valence-corrected chi connectivity index (χ0v) is 11.5. The number of hydrogen-bond acceptors (Lipinski definition) is 7. The molecule has 9 nitrogen and oxygen atoms in total. The number of tetrazole rings is 1. The highest BCUT2D eigenvalue weighted by atomic mass is 32.2. The molecule has 11 heteroatoms. The molecule has 2 rings (SSSR count). The van der Waals surface area contributed by atoms with Gasteiger partial charge in [0.2, 0.25) is 0 Å². The molecule has 0 saturated heterocycles. The number of aryl methyl sites for hydroxylation is 2. The number of rotatable bonds is 4. The van der Waals surface area contributed by atoms with Crippen molar-refractivity contribution in [1.82, 2.24) is 20.2 Å². The molecule has 0 aliphatic heterocycles. The number of carbonyl (C=O) groups is 1. The fourth-order valence-electron chi connectivity index (χ4n) is 1.29. The Balaban J connectivity index is 2.34. The minimum Gasteiger partial charge on any atom is -0.477 e. The Bertz CT molecular complexity index is 732. The first kappa shape index (κ1) is 13.4. The maximum absolute atomic E-state index is 12.0. The van der Waals surface area contributed by atoms with Crippen LogP contribution in [0, 0.1) is 6.92 Å². The molecule has 0 aliphatic carbocycles. The molecule has 0 aliphatic rings. The van der Waals surface area contributed by atoms with E-state index in [0.717, 1.165) is 4.80 Å². The van der Waals surface area contributed by atoms with Crippen LogP contribution in [-0.2, 0) is 17.1 Å². The third-order valence-corrected chi connectivity index (χ3v) is 5.12. The van der Waals surface area contributed by atoms with Gasteiger partial charge < -0.3 is 5.11 Å². The Morgan fingerprint density at radius 3 is 2.68 bits per heavy atom. The van der Waals surface area contributed by atoms with Crippen LogP contribution in [0.1, 0.15) is 15.2 Å². The average Bonchev–Trinajstić information content (AvgIpc) is 2.84. The number of carboxylic acid groups (broad SMARTS) is 1. The Morgan fingerprint density at radius 1 is 1.53 bits per heavy atom. The molecule has 102 valence electrons. The Kier molecular flexibility index (Phi) is 3.24. The first-order valence-electron chi connectivity index (χ1n) is 4.90. The third-order valence-electron chi connectivity index (χ3n) is 2.09. The molecular weight excluding hydrogens is 294 g/mol. The third kappa shape index (κ3) is 2.71. The van der Waals surface area contributed by atoms with Gasteiger partial charge >= 0.3 is 5.97 Å². The molecule has 0 amide bonds. The van der Waals surface area contributed by atoms with E-state index in [2.05, 4.69) is 20.1 Å². The smallest absolute Gasteiger partial charge is 0.346 e. The van der Waals surface area contributed by atoms with Gasteiger partial charge in [0, 0.05) is 0 Å². The largest absolute Gasteiger partial charge is 0.477 e. The lowest BCUT2D eigenvalue weighted by molar-refractivity contribution is 0.0701. The van der Waals surface area contributed by atoms with E-state index in [4.69, 9.17) is 5.11 Å². The van der Waals surface area contributed by atoms with Gasteiger partial charge in [0.1, 0.15) is 9.09 Å². The number of anilines is 1. The first-order valence-corrected chi connectivity index (χ1v) is 7.20. The number of aromatic nitrogens is 4. The van der Waals surface area contributed by atoms with Crippen molar-refractivity contribution in [1.29, 1.82) is 0 Å². The molecule has 2 heterocycles. The van der Waals surface area contributed by atoms with Crippen molar-refractivity contribution in [3.8, 4) is 0 Å². The van der Waals surface area contributed by atoms with Crippen molar-refractivity contribution in [3.63, 3.8) is 0 Å². The topological polar surface area (TPSA) is 127 Å². The summed E-state index contributed by atoms with van der Waals surface area (Å²) in [5, 5.41) is 19.5. The zero-order valence-electron chi connectivity index (χ0n) is 9.85. The lowest BCUT2D eigenvalue weighted by atomic mass is 10.3. The molecule has 0 spiro atoms. The quantitative estimate of drug-likeness (QED) is 0.818. The predicted molar refractivity (Wildman–Crippen MR) is 65.6 cm³/mol. The highest BCUT2D eigenvalue weighted by Gasteiger charge is 2.23. The minimum absolute atomic E-state index is 0.0209. The van der Waals surface area contributed by atoms with E-state index in [0.29, 0.717) is 16.9 Å². The number of nitrogens with one attached hydrogen (secondary N) is 1. The van der Waals surface area contributed by atoms with Gasteiger partial charge in [-0.2, -0.15) is 4.80 Å². The molecule has 2 N–H and O–H groups in total. The van der Waals surface area contributed by atoms with Gasteiger partial charge in [-0.25, -0.2) is 17.9 Å². The second kappa shape index (κ2) is 4.59. The van der Waals surface area contributed by atoms with Crippen molar-refractivity contribution in [2.45, 2.75) is 11.1 Å². The van der Waals surface area contributed by atoms with Crippen LogP contribution in [-0.4, -0.2) is 39.7 Å². The molecular formula is C8H9N5O4S2. The molecule has 0 radical (unpaired) electrons. The number of nitrogens with zero attached hydrogens (tertiary/aromatic N) is 4. The molecule has 0 unspecified atom stereocenters. The summed E-state index contributed by atoms with van der Waals surface area (Å²) >= 11 is 0.668. The molecule has 2 aromatic rings. The zero-order chi connectivity index (χ0) is 14.2. The van der Waals surface area contributed by atoms with Crippen molar-refractivity contribution in [3.05, 3.63) is 16.5 Å². The maximum Gasteiger partial charge on any atom is 0.346 e. The monoisotopic (exact) mass is 303 g/mol. The van der Waals surface area contributed by atoms with Crippen molar-refractivity contribution < 1.29 is 18.3 Å². The highest BCUT2D eigenvalue weighted by Crippen LogP contribution is 2.26. The van der Waals surface area contributed by atoms with Gasteiger partial charge in [-0.15, -0.1) is 16.4 Å². The summed E-state index contributed by atoms with van der Waals surface area (Å²) < 4.78 is 26.0. The fourth-order valence-corrected chi connectivity index (χ4v) is 3.61. The second-order valence-corrected chi connectivity index (χ2v) is 6.55.